The summed E-state index contributed by atoms with van der Waals surface area (Å²) in [6.45, 7) is 4.12. The molecule has 3 rings (SSSR count). The Balaban J connectivity index is 2.21. The van der Waals surface area contributed by atoms with Crippen LogP contribution < -0.4 is 0 Å². The molecule has 0 spiro atoms. The Hall–Kier alpha value is -1.87. The lowest BCUT2D eigenvalue weighted by atomic mass is 10.1. The maximum absolute atomic E-state index is 6.32. The summed E-state index contributed by atoms with van der Waals surface area (Å²) >= 11 is 6.32. The van der Waals surface area contributed by atoms with Gasteiger partial charge in [-0.15, -0.1) is 11.6 Å². The van der Waals surface area contributed by atoms with Crippen LogP contribution in [0.5, 0.6) is 0 Å². The van der Waals surface area contributed by atoms with Crippen LogP contribution in [0, 0.1) is 0 Å². The first-order valence-electron chi connectivity index (χ1n) is 6.69. The highest BCUT2D eigenvalue weighted by atomic mass is 35.5. The Morgan fingerprint density at radius 1 is 1.05 bits per heavy atom. The first-order chi connectivity index (χ1) is 9.68. The molecule has 0 bridgehead atoms. The molecule has 3 nitrogen and oxygen atoms in total. The highest BCUT2D eigenvalue weighted by Crippen LogP contribution is 2.30. The molecule has 4 heteroatoms. The maximum atomic E-state index is 6.32. The zero-order valence-corrected chi connectivity index (χ0v) is 12.2. The highest BCUT2D eigenvalue weighted by Gasteiger charge is 2.19. The van der Waals surface area contributed by atoms with Gasteiger partial charge in [-0.25, -0.2) is 4.98 Å². The summed E-state index contributed by atoms with van der Waals surface area (Å²) in [7, 11) is 0. The Kier molecular flexibility index (Phi) is 3.45. The zero-order chi connectivity index (χ0) is 14.1. The number of hydrogen-bond donors (Lipinski definition) is 0. The molecule has 0 radical (unpaired) electrons. The molecular formula is C16H16ClN3. The molecule has 0 N–H and O–H groups in total. The van der Waals surface area contributed by atoms with Crippen molar-refractivity contribution in [3.8, 4) is 0 Å². The van der Waals surface area contributed by atoms with E-state index in [4.69, 9.17) is 11.6 Å². The van der Waals surface area contributed by atoms with Gasteiger partial charge in [-0.2, -0.15) is 0 Å². The molecule has 0 aliphatic carbocycles. The van der Waals surface area contributed by atoms with Gasteiger partial charge in [-0.3, -0.25) is 4.98 Å². The number of fused-ring (bicyclic) bond motifs is 1. The van der Waals surface area contributed by atoms with Crippen LogP contribution >= 0.6 is 11.6 Å². The van der Waals surface area contributed by atoms with E-state index in [1.807, 2.05) is 49.6 Å². The van der Waals surface area contributed by atoms with E-state index in [9.17, 15) is 0 Å². The average molecular weight is 286 g/mol. The number of imidazole rings is 1. The van der Waals surface area contributed by atoms with Crippen LogP contribution in [0.1, 0.15) is 36.7 Å². The van der Waals surface area contributed by atoms with Crippen LogP contribution in [0.3, 0.4) is 0 Å². The molecule has 0 saturated carbocycles. The minimum atomic E-state index is -0.133. The van der Waals surface area contributed by atoms with Gasteiger partial charge in [-0.1, -0.05) is 12.1 Å². The second kappa shape index (κ2) is 5.25. The summed E-state index contributed by atoms with van der Waals surface area (Å²) in [5, 5.41) is -0.133. The fourth-order valence-electron chi connectivity index (χ4n) is 2.54. The topological polar surface area (TPSA) is 30.7 Å². The number of alkyl halides is 1. The second-order valence-corrected chi connectivity index (χ2v) is 5.56. The molecule has 0 aliphatic heterocycles. The average Bonchev–Trinajstić information content (AvgIpc) is 2.87. The SMILES string of the molecule is CC(Cl)c1nc2ccccc2n1C(C)c1ccncc1. The van der Waals surface area contributed by atoms with Gasteiger partial charge in [0.1, 0.15) is 5.82 Å². The van der Waals surface area contributed by atoms with Crippen LogP contribution in [-0.4, -0.2) is 14.5 Å². The van der Waals surface area contributed by atoms with Crippen molar-refractivity contribution in [2.75, 3.05) is 0 Å². The Labute approximate surface area is 123 Å². The van der Waals surface area contributed by atoms with E-state index < -0.39 is 0 Å². The van der Waals surface area contributed by atoms with Crippen molar-refractivity contribution in [1.29, 1.82) is 0 Å². The largest absolute Gasteiger partial charge is 0.319 e. The number of nitrogens with zero attached hydrogens (tertiary/aromatic N) is 3. The zero-order valence-electron chi connectivity index (χ0n) is 11.5. The predicted octanol–water partition coefficient (Wildman–Crippen LogP) is 4.34. The molecule has 0 saturated heterocycles. The predicted molar refractivity (Wildman–Crippen MR) is 82.1 cm³/mol. The van der Waals surface area contributed by atoms with Crippen LogP contribution in [0.2, 0.25) is 0 Å². The van der Waals surface area contributed by atoms with Crippen molar-refractivity contribution >= 4 is 22.6 Å². The van der Waals surface area contributed by atoms with Crippen LogP contribution in [0.4, 0.5) is 0 Å². The second-order valence-electron chi connectivity index (χ2n) is 4.90. The third-order valence-corrected chi connectivity index (χ3v) is 3.75. The molecule has 3 aromatic rings. The molecule has 2 aromatic heterocycles. The molecule has 0 fully saturated rings. The number of para-hydroxylation sites is 2. The fourth-order valence-corrected chi connectivity index (χ4v) is 2.70. The van der Waals surface area contributed by atoms with E-state index in [1.54, 1.807) is 0 Å². The quantitative estimate of drug-likeness (QED) is 0.670. The van der Waals surface area contributed by atoms with Crippen LogP contribution in [0.25, 0.3) is 11.0 Å². The summed E-state index contributed by atoms with van der Waals surface area (Å²) in [6, 6.07) is 12.4. The molecule has 0 amide bonds. The van der Waals surface area contributed by atoms with Gasteiger partial charge < -0.3 is 4.57 Å². The minimum Gasteiger partial charge on any atom is -0.319 e. The van der Waals surface area contributed by atoms with Gasteiger partial charge in [0.05, 0.1) is 22.5 Å². The van der Waals surface area contributed by atoms with Crippen molar-refractivity contribution in [3.63, 3.8) is 0 Å². The summed E-state index contributed by atoms with van der Waals surface area (Å²) in [4.78, 5) is 8.75. The smallest absolute Gasteiger partial charge is 0.128 e. The van der Waals surface area contributed by atoms with E-state index in [1.165, 1.54) is 5.56 Å². The summed E-state index contributed by atoms with van der Waals surface area (Å²) in [6.07, 6.45) is 3.63. The third-order valence-electron chi connectivity index (χ3n) is 3.55. The minimum absolute atomic E-state index is 0.133. The monoisotopic (exact) mass is 285 g/mol. The number of aromatic nitrogens is 3. The number of rotatable bonds is 3. The van der Waals surface area contributed by atoms with Gasteiger partial charge in [0.2, 0.25) is 0 Å². The normalized spacial score (nSPS) is 14.3. The fraction of sp³-hybridized carbons (Fsp3) is 0.250. The first-order valence-corrected chi connectivity index (χ1v) is 7.13. The van der Waals surface area contributed by atoms with Crippen LogP contribution in [-0.2, 0) is 0 Å². The van der Waals surface area contributed by atoms with E-state index >= 15 is 0 Å². The van der Waals surface area contributed by atoms with Gasteiger partial charge in [0.15, 0.2) is 0 Å². The summed E-state index contributed by atoms with van der Waals surface area (Å²) < 4.78 is 2.21. The molecule has 20 heavy (non-hydrogen) atoms. The van der Waals surface area contributed by atoms with E-state index in [-0.39, 0.29) is 11.4 Å². The Morgan fingerprint density at radius 3 is 2.45 bits per heavy atom. The summed E-state index contributed by atoms with van der Waals surface area (Å²) in [5.41, 5.74) is 3.29. The standard InChI is InChI=1S/C16H16ClN3/c1-11(17)16-19-14-5-3-4-6-15(14)20(16)12(2)13-7-9-18-10-8-13/h3-12H,1-2H3. The van der Waals surface area contributed by atoms with Gasteiger partial charge in [-0.05, 0) is 43.7 Å². The molecular weight excluding hydrogens is 270 g/mol. The third kappa shape index (κ3) is 2.18. The number of hydrogen-bond acceptors (Lipinski definition) is 2. The van der Waals surface area contributed by atoms with Crippen molar-refractivity contribution in [2.24, 2.45) is 0 Å². The Morgan fingerprint density at radius 2 is 1.75 bits per heavy atom. The van der Waals surface area contributed by atoms with Crippen molar-refractivity contribution in [3.05, 3.63) is 60.2 Å². The lowest BCUT2D eigenvalue weighted by Gasteiger charge is -2.19. The number of benzene rings is 1. The molecule has 0 aliphatic rings. The highest BCUT2D eigenvalue weighted by molar-refractivity contribution is 6.20. The first kappa shape index (κ1) is 13.1. The molecule has 2 unspecified atom stereocenters. The number of pyridine rings is 1. The molecule has 2 heterocycles. The van der Waals surface area contributed by atoms with Crippen molar-refractivity contribution < 1.29 is 0 Å². The molecule has 102 valence electrons. The maximum Gasteiger partial charge on any atom is 0.128 e. The lowest BCUT2D eigenvalue weighted by Crippen LogP contribution is -2.11. The molecule has 1 aromatic carbocycles. The van der Waals surface area contributed by atoms with E-state index in [0.717, 1.165) is 16.9 Å². The van der Waals surface area contributed by atoms with Gasteiger partial charge >= 0.3 is 0 Å². The van der Waals surface area contributed by atoms with E-state index in [2.05, 4.69) is 27.5 Å². The number of halogens is 1. The van der Waals surface area contributed by atoms with Gasteiger partial charge in [0, 0.05) is 12.4 Å². The summed E-state index contributed by atoms with van der Waals surface area (Å²) in [5.74, 6) is 0.900. The lowest BCUT2D eigenvalue weighted by molar-refractivity contribution is 0.618. The van der Waals surface area contributed by atoms with Gasteiger partial charge in [0.25, 0.3) is 0 Å². The van der Waals surface area contributed by atoms with Crippen molar-refractivity contribution in [2.45, 2.75) is 25.3 Å². The van der Waals surface area contributed by atoms with Crippen LogP contribution in [0.15, 0.2) is 48.8 Å². The van der Waals surface area contributed by atoms with Crippen molar-refractivity contribution in [1.82, 2.24) is 14.5 Å². The Bertz CT molecular complexity index is 719. The van der Waals surface area contributed by atoms with E-state index in [0.29, 0.717) is 0 Å². The molecule has 2 atom stereocenters.